The third-order valence-electron chi connectivity index (χ3n) is 2.55. The molecule has 18 heavy (non-hydrogen) atoms. The zero-order valence-electron chi connectivity index (χ0n) is 10.9. The van der Waals surface area contributed by atoms with Gasteiger partial charge in [-0.3, -0.25) is 10.1 Å². The minimum atomic E-state index is -0.0896. The van der Waals surface area contributed by atoms with Crippen molar-refractivity contribution in [3.05, 3.63) is 11.4 Å². The van der Waals surface area contributed by atoms with Crippen LogP contribution in [-0.4, -0.2) is 27.0 Å². The molecule has 0 radical (unpaired) electrons. The maximum absolute atomic E-state index is 11.6. The number of unbranched alkanes of at least 4 members (excludes halogenated alkanes) is 1. The van der Waals surface area contributed by atoms with E-state index in [4.69, 9.17) is 11.6 Å². The standard InChI is InChI=1S/C12H19ClN4O/c1-3-9-10(4-2)16-17-12(14-9)15-11(18)7-5-6-8-13/h3-8H2,1-2H3,(H,14,15,17,18). The molecule has 0 saturated heterocycles. The second-order valence-electron chi connectivity index (χ2n) is 3.93. The molecule has 0 spiro atoms. The van der Waals surface area contributed by atoms with E-state index in [0.717, 1.165) is 37.1 Å². The van der Waals surface area contributed by atoms with Gasteiger partial charge in [0.15, 0.2) is 0 Å². The van der Waals surface area contributed by atoms with Gasteiger partial charge in [-0.15, -0.1) is 21.8 Å². The fourth-order valence-electron chi connectivity index (χ4n) is 1.56. The first kappa shape index (κ1) is 14.8. The van der Waals surface area contributed by atoms with Gasteiger partial charge in [0.25, 0.3) is 0 Å². The Hall–Kier alpha value is -1.23. The number of hydrogen-bond acceptors (Lipinski definition) is 4. The highest BCUT2D eigenvalue weighted by Crippen LogP contribution is 2.07. The average molecular weight is 271 g/mol. The number of alkyl halides is 1. The molecule has 0 aromatic carbocycles. The van der Waals surface area contributed by atoms with E-state index < -0.39 is 0 Å². The number of amides is 1. The average Bonchev–Trinajstić information content (AvgIpc) is 2.39. The summed E-state index contributed by atoms with van der Waals surface area (Å²) in [6, 6.07) is 0. The summed E-state index contributed by atoms with van der Waals surface area (Å²) in [5.41, 5.74) is 1.78. The summed E-state index contributed by atoms with van der Waals surface area (Å²) in [6.07, 6.45) is 3.63. The highest BCUT2D eigenvalue weighted by Gasteiger charge is 2.08. The third-order valence-corrected chi connectivity index (χ3v) is 2.82. The van der Waals surface area contributed by atoms with Crippen molar-refractivity contribution in [2.24, 2.45) is 0 Å². The first-order valence-electron chi connectivity index (χ1n) is 6.29. The van der Waals surface area contributed by atoms with Crippen LogP contribution in [0.15, 0.2) is 0 Å². The molecule has 0 bridgehead atoms. The summed E-state index contributed by atoms with van der Waals surface area (Å²) >= 11 is 5.55. The van der Waals surface area contributed by atoms with Crippen molar-refractivity contribution in [1.82, 2.24) is 15.2 Å². The first-order valence-corrected chi connectivity index (χ1v) is 6.83. The van der Waals surface area contributed by atoms with Crippen LogP contribution in [0.5, 0.6) is 0 Å². The van der Waals surface area contributed by atoms with Crippen LogP contribution in [0, 0.1) is 0 Å². The highest BCUT2D eigenvalue weighted by atomic mass is 35.5. The predicted octanol–water partition coefficient (Wildman–Crippen LogP) is 2.34. The monoisotopic (exact) mass is 270 g/mol. The normalized spacial score (nSPS) is 10.4. The quantitative estimate of drug-likeness (QED) is 0.610. The van der Waals surface area contributed by atoms with E-state index in [0.29, 0.717) is 18.2 Å². The Bertz CT molecular complexity index is 398. The summed E-state index contributed by atoms with van der Waals surface area (Å²) in [7, 11) is 0. The molecule has 1 N–H and O–H groups in total. The lowest BCUT2D eigenvalue weighted by Crippen LogP contribution is -2.16. The summed E-state index contributed by atoms with van der Waals surface area (Å²) in [4.78, 5) is 15.9. The Kier molecular flexibility index (Phi) is 6.57. The Balaban J connectivity index is 2.59. The minimum absolute atomic E-state index is 0.0896. The van der Waals surface area contributed by atoms with E-state index in [2.05, 4.69) is 20.5 Å². The molecule has 0 saturated carbocycles. The van der Waals surface area contributed by atoms with Gasteiger partial charge in [-0.1, -0.05) is 13.8 Å². The van der Waals surface area contributed by atoms with Crippen LogP contribution in [0.4, 0.5) is 5.95 Å². The zero-order valence-corrected chi connectivity index (χ0v) is 11.6. The van der Waals surface area contributed by atoms with E-state index in [1.54, 1.807) is 0 Å². The smallest absolute Gasteiger partial charge is 0.249 e. The topological polar surface area (TPSA) is 67.8 Å². The molecule has 1 aromatic heterocycles. The van der Waals surface area contributed by atoms with Crippen molar-refractivity contribution in [2.75, 3.05) is 11.2 Å². The molecule has 1 aromatic rings. The molecule has 0 aliphatic heterocycles. The number of hydrogen-bond donors (Lipinski definition) is 1. The molecular weight excluding hydrogens is 252 g/mol. The number of rotatable bonds is 7. The molecule has 0 aliphatic rings. The number of carbonyl (C=O) groups is 1. The summed E-state index contributed by atoms with van der Waals surface area (Å²) in [5, 5.41) is 10.6. The van der Waals surface area contributed by atoms with Crippen LogP contribution < -0.4 is 5.32 Å². The zero-order chi connectivity index (χ0) is 13.4. The van der Waals surface area contributed by atoms with Gasteiger partial charge in [0.2, 0.25) is 11.9 Å². The van der Waals surface area contributed by atoms with E-state index in [-0.39, 0.29) is 5.91 Å². The number of carbonyl (C=O) groups excluding carboxylic acids is 1. The van der Waals surface area contributed by atoms with E-state index in [1.807, 2.05) is 13.8 Å². The molecule has 1 rings (SSSR count). The van der Waals surface area contributed by atoms with Gasteiger partial charge in [-0.2, -0.15) is 0 Å². The Morgan fingerprint density at radius 2 is 1.89 bits per heavy atom. The van der Waals surface area contributed by atoms with Gasteiger partial charge in [0, 0.05) is 12.3 Å². The molecule has 5 nitrogen and oxygen atoms in total. The lowest BCUT2D eigenvalue weighted by atomic mass is 10.2. The third kappa shape index (κ3) is 4.56. The molecule has 0 atom stereocenters. The van der Waals surface area contributed by atoms with Gasteiger partial charge in [0.1, 0.15) is 0 Å². The van der Waals surface area contributed by atoms with Crippen molar-refractivity contribution in [3.63, 3.8) is 0 Å². The molecule has 1 amide bonds. The maximum Gasteiger partial charge on any atom is 0.249 e. The number of aryl methyl sites for hydroxylation is 2. The number of halogens is 1. The first-order chi connectivity index (χ1) is 8.71. The molecule has 0 fully saturated rings. The van der Waals surface area contributed by atoms with Crippen molar-refractivity contribution in [3.8, 4) is 0 Å². The van der Waals surface area contributed by atoms with Gasteiger partial charge in [0.05, 0.1) is 11.4 Å². The van der Waals surface area contributed by atoms with Crippen molar-refractivity contribution in [1.29, 1.82) is 0 Å². The van der Waals surface area contributed by atoms with Crippen LogP contribution >= 0.6 is 11.6 Å². The summed E-state index contributed by atoms with van der Waals surface area (Å²) in [5.74, 6) is 0.782. The molecular formula is C12H19ClN4O. The Morgan fingerprint density at radius 1 is 1.17 bits per heavy atom. The summed E-state index contributed by atoms with van der Waals surface area (Å²) < 4.78 is 0. The summed E-state index contributed by atoms with van der Waals surface area (Å²) in [6.45, 7) is 4.02. The van der Waals surface area contributed by atoms with Crippen LogP contribution in [0.2, 0.25) is 0 Å². The van der Waals surface area contributed by atoms with Gasteiger partial charge >= 0.3 is 0 Å². The number of anilines is 1. The van der Waals surface area contributed by atoms with Gasteiger partial charge in [-0.25, -0.2) is 4.98 Å². The molecule has 0 unspecified atom stereocenters. The van der Waals surface area contributed by atoms with E-state index in [1.165, 1.54) is 0 Å². The van der Waals surface area contributed by atoms with Gasteiger partial charge in [-0.05, 0) is 25.7 Å². The van der Waals surface area contributed by atoms with Crippen LogP contribution in [0.3, 0.4) is 0 Å². The van der Waals surface area contributed by atoms with Crippen molar-refractivity contribution < 1.29 is 4.79 Å². The second kappa shape index (κ2) is 7.97. The Labute approximate surface area is 112 Å². The largest absolute Gasteiger partial charge is 0.293 e. The molecule has 100 valence electrons. The Morgan fingerprint density at radius 3 is 2.50 bits per heavy atom. The van der Waals surface area contributed by atoms with E-state index in [9.17, 15) is 4.79 Å². The van der Waals surface area contributed by atoms with Crippen LogP contribution in [0.25, 0.3) is 0 Å². The molecule has 6 heteroatoms. The minimum Gasteiger partial charge on any atom is -0.293 e. The number of nitrogens with one attached hydrogen (secondary N) is 1. The molecule has 1 heterocycles. The lowest BCUT2D eigenvalue weighted by Gasteiger charge is -2.06. The number of nitrogens with zero attached hydrogens (tertiary/aromatic N) is 3. The maximum atomic E-state index is 11.6. The van der Waals surface area contributed by atoms with Gasteiger partial charge < -0.3 is 0 Å². The van der Waals surface area contributed by atoms with Crippen LogP contribution in [0.1, 0.15) is 44.5 Å². The highest BCUT2D eigenvalue weighted by molar-refractivity contribution is 6.17. The fraction of sp³-hybridized carbons (Fsp3) is 0.667. The van der Waals surface area contributed by atoms with Crippen molar-refractivity contribution in [2.45, 2.75) is 46.0 Å². The fourth-order valence-corrected chi connectivity index (χ4v) is 1.75. The predicted molar refractivity (Wildman–Crippen MR) is 71.8 cm³/mol. The lowest BCUT2D eigenvalue weighted by molar-refractivity contribution is -0.116. The van der Waals surface area contributed by atoms with Crippen LogP contribution in [-0.2, 0) is 17.6 Å². The molecule has 0 aliphatic carbocycles. The number of aromatic nitrogens is 3. The SMILES string of the molecule is CCc1nnc(NC(=O)CCCCCl)nc1CC. The van der Waals surface area contributed by atoms with E-state index >= 15 is 0 Å². The van der Waals surface area contributed by atoms with Crippen molar-refractivity contribution >= 4 is 23.5 Å². The second-order valence-corrected chi connectivity index (χ2v) is 4.31.